The summed E-state index contributed by atoms with van der Waals surface area (Å²) in [5, 5.41) is 99.1. The number of fused-ring (bicyclic) bond motifs is 5. The summed E-state index contributed by atoms with van der Waals surface area (Å²) in [4.78, 5) is 294. The number of carbonyl (C=O) groups is 20. The van der Waals surface area contributed by atoms with Crippen molar-refractivity contribution in [1.29, 1.82) is 0 Å². The molecule has 0 bridgehead atoms. The van der Waals surface area contributed by atoms with Gasteiger partial charge in [0.2, 0.25) is 94.5 Å². The highest BCUT2D eigenvalue weighted by Crippen LogP contribution is 2.30. The molecule has 137 heavy (non-hydrogen) atoms. The number of phenols is 1. The fourth-order valence-electron chi connectivity index (χ4n) is 17.2. The van der Waals surface area contributed by atoms with Crippen LogP contribution in [0.4, 0.5) is 0 Å². The smallest absolute Gasteiger partial charge is 0.323 e. The van der Waals surface area contributed by atoms with Crippen molar-refractivity contribution in [2.24, 2.45) is 11.5 Å². The number of nitrogens with one attached hydrogen (secondary N) is 11. The van der Waals surface area contributed by atoms with Crippen molar-refractivity contribution in [3.05, 3.63) is 102 Å². The highest BCUT2D eigenvalue weighted by Gasteiger charge is 2.48. The zero-order valence-corrected chi connectivity index (χ0v) is 77.1. The second-order valence-electron chi connectivity index (χ2n) is 34.4. The molecule has 9 rings (SSSR count). The molecule has 47 heteroatoms. The van der Waals surface area contributed by atoms with Gasteiger partial charge in [0.15, 0.2) is 0 Å². The Kier molecular flexibility index (Phi) is 39.5. The van der Waals surface area contributed by atoms with E-state index in [9.17, 15) is 93.3 Å². The van der Waals surface area contributed by atoms with Crippen LogP contribution in [0, 0.1) is 0 Å². The van der Waals surface area contributed by atoms with E-state index < -0.39 is 305 Å². The van der Waals surface area contributed by atoms with Crippen molar-refractivity contribution in [2.45, 2.75) is 239 Å². The number of H-pyrrole nitrogens is 1. The van der Waals surface area contributed by atoms with Crippen LogP contribution in [-0.2, 0) is 122 Å². The lowest BCUT2D eigenvalue weighted by atomic mass is 9.97. The maximum absolute atomic E-state index is 15.8. The molecule has 4 fully saturated rings. The number of thioether (sulfide) groups is 1. The van der Waals surface area contributed by atoms with Crippen LogP contribution in [0.1, 0.15) is 140 Å². The van der Waals surface area contributed by atoms with Crippen molar-refractivity contribution >= 4 is 152 Å². The summed E-state index contributed by atoms with van der Waals surface area (Å²) in [6, 6.07) is -5.55. The second-order valence-corrected chi connectivity index (χ2v) is 35.4. The van der Waals surface area contributed by atoms with E-state index in [0.717, 1.165) is 24.5 Å². The molecule has 6 heterocycles. The first-order chi connectivity index (χ1) is 65.2. The fraction of sp³-hybridized carbons (Fsp3) is 0.533. The Labute approximate surface area is 790 Å². The first-order valence-corrected chi connectivity index (χ1v) is 46.5. The molecule has 4 aliphatic heterocycles. The number of carbonyl (C=O) groups excluding carboxylic acids is 16. The number of unbranched alkanes of at least 4 members (excludes halogenated alkanes) is 2. The number of para-hydroxylation sites is 2. The number of benzene rings is 3. The van der Waals surface area contributed by atoms with Gasteiger partial charge in [-0.3, -0.25) is 95.9 Å². The van der Waals surface area contributed by atoms with Gasteiger partial charge in [-0.2, -0.15) is 0 Å². The molecule has 46 nitrogen and oxygen atoms in total. The number of hydrogen-bond donors (Lipinski definition) is 20. The number of nitrogens with zero attached hydrogens (tertiary/aromatic N) is 6. The quantitative estimate of drug-likeness (QED) is 0.0240. The van der Waals surface area contributed by atoms with E-state index in [4.69, 9.17) is 11.5 Å². The van der Waals surface area contributed by atoms with Gasteiger partial charge in [0, 0.05) is 119 Å². The van der Waals surface area contributed by atoms with Gasteiger partial charge in [0.05, 0.1) is 31.4 Å². The van der Waals surface area contributed by atoms with Crippen LogP contribution in [0.5, 0.6) is 5.75 Å². The number of rotatable bonds is 27. The zero-order valence-electron chi connectivity index (χ0n) is 76.3. The predicted molar refractivity (Wildman–Crippen MR) is 489 cm³/mol. The van der Waals surface area contributed by atoms with E-state index in [-0.39, 0.29) is 82.2 Å². The first-order valence-electron chi connectivity index (χ1n) is 45.3. The number of nitrogens with two attached hydrogens (primary N) is 2. The Morgan fingerprint density at radius 3 is 1.66 bits per heavy atom. The van der Waals surface area contributed by atoms with Crippen LogP contribution in [0.2, 0.25) is 0 Å². The Balaban J connectivity index is 1.11. The van der Waals surface area contributed by atoms with Gasteiger partial charge < -0.3 is 134 Å². The number of likely N-dealkylation sites (N-methyl/N-ethyl adjacent to an activating group) is 2. The third-order valence-electron chi connectivity index (χ3n) is 24.4. The maximum atomic E-state index is 15.8. The fourth-order valence-corrected chi connectivity index (χ4v) is 18.1. The molecule has 0 saturated carbocycles. The Morgan fingerprint density at radius 2 is 1.03 bits per heavy atom. The largest absolute Gasteiger partial charge is 0.508 e. The van der Waals surface area contributed by atoms with Crippen molar-refractivity contribution in [3.63, 3.8) is 0 Å². The molecular weight excluding hydrogens is 1810 g/mol. The lowest BCUT2D eigenvalue weighted by molar-refractivity contribution is -0.149. The van der Waals surface area contributed by atoms with Gasteiger partial charge in [-0.15, -0.1) is 11.8 Å². The summed E-state index contributed by atoms with van der Waals surface area (Å²) in [5.41, 5.74) is 13.4. The van der Waals surface area contributed by atoms with Crippen LogP contribution in [0.25, 0.3) is 21.8 Å². The second kappa shape index (κ2) is 50.7. The number of aromatic hydroxyl groups is 1. The molecule has 0 aliphatic carbocycles. The molecule has 3 aromatic carbocycles. The number of aromatic nitrogens is 2. The molecule has 15 atom stereocenters. The van der Waals surface area contributed by atoms with Crippen molar-refractivity contribution < 1.29 is 132 Å². The van der Waals surface area contributed by atoms with E-state index in [1.807, 2.05) is 0 Å². The molecule has 2 aromatic heterocycles. The Hall–Kier alpha value is -13.8. The molecule has 4 saturated heterocycles. The predicted octanol–water partition coefficient (Wildman–Crippen LogP) is -3.82. The third-order valence-corrected chi connectivity index (χ3v) is 25.5. The minimum Gasteiger partial charge on any atom is -0.508 e. The van der Waals surface area contributed by atoms with Crippen molar-refractivity contribution in [3.8, 4) is 5.75 Å². The van der Waals surface area contributed by atoms with E-state index >= 15 is 38.4 Å². The number of aliphatic hydroxyl groups excluding tert-OH is 2. The lowest BCUT2D eigenvalue weighted by Crippen LogP contribution is -2.62. The van der Waals surface area contributed by atoms with Crippen LogP contribution in [0.3, 0.4) is 0 Å². The van der Waals surface area contributed by atoms with Crippen LogP contribution >= 0.6 is 11.8 Å². The summed E-state index contributed by atoms with van der Waals surface area (Å²) in [6.45, 7) is -0.833. The van der Waals surface area contributed by atoms with Gasteiger partial charge >= 0.3 is 23.9 Å². The molecule has 0 radical (unpaired) electrons. The number of aliphatic hydroxyl groups is 2. The third kappa shape index (κ3) is 29.4. The lowest BCUT2D eigenvalue weighted by Gasteiger charge is -2.38. The van der Waals surface area contributed by atoms with Gasteiger partial charge in [-0.25, -0.2) is 0 Å². The first kappa shape index (κ1) is 107. The number of carboxylic acids is 4. The number of aromatic amines is 1. The number of hydrogen-bond acceptors (Lipinski definition) is 25. The average Bonchev–Trinajstić information content (AvgIpc) is 1.67. The van der Waals surface area contributed by atoms with Crippen LogP contribution in [0.15, 0.2) is 85.2 Å². The normalized spacial score (nSPS) is 25.0. The number of aliphatic carboxylic acids is 4. The highest BCUT2D eigenvalue weighted by molar-refractivity contribution is 8.00. The molecule has 744 valence electrons. The van der Waals surface area contributed by atoms with Crippen LogP contribution < -0.4 is 64.6 Å². The Morgan fingerprint density at radius 1 is 0.504 bits per heavy atom. The number of carboxylic acid groups (broad SMARTS) is 4. The van der Waals surface area contributed by atoms with E-state index in [2.05, 4.69) is 58.2 Å². The number of amides is 16. The molecule has 0 unspecified atom stereocenters. The number of piperidine rings is 1. The molecule has 5 aromatic rings. The summed E-state index contributed by atoms with van der Waals surface area (Å²) in [5.74, 6) is -24.3. The summed E-state index contributed by atoms with van der Waals surface area (Å²) in [6.07, 6.45) is -2.98. The molecule has 22 N–H and O–H groups in total. The van der Waals surface area contributed by atoms with Crippen molar-refractivity contribution in [1.82, 2.24) is 87.2 Å². The van der Waals surface area contributed by atoms with E-state index in [1.54, 1.807) is 62.4 Å². The highest BCUT2D eigenvalue weighted by atomic mass is 32.2. The van der Waals surface area contributed by atoms with Gasteiger partial charge in [-0.05, 0) is 98.7 Å². The number of phenolic OH excluding ortho intramolecular Hbond substituents is 1. The molecule has 0 spiro atoms. The van der Waals surface area contributed by atoms with Crippen LogP contribution in [-0.4, -0.2) is 344 Å². The van der Waals surface area contributed by atoms with Gasteiger partial charge in [0.25, 0.3) is 0 Å². The van der Waals surface area contributed by atoms with E-state index in [1.165, 1.54) is 55.3 Å². The molecule has 16 amide bonds. The standard InChI is InChI=1S/C90H121N19O27S/c1-5-7-19-66-82(128)96-56(28-30-73(115)116)78(124)103-64(77(123)94-41-71(92)113)46-137-47-72(114)95-59(34-48-24-26-51(111)27-25-48)88(134)107-32-14-13-22-67(107)83(129)100-61(38-75(119)120)89(135)108-33-15-23-68(108)84(130)101-62(39-91)80(126)97-57(29-31-74(117)118)87(133)109-43-52(112)37-70(109)85(131)98-58(35-49-40-93-55-18-11-9-16-53(49)55)79(125)102-63(45-110)81(127)99-60(86(132)105(4)69(20-8-6-2)90(136)104(66)3)36-50-42-106(44-76(121)122)65-21-12-10-17-54(50)65/h9-12,16-18,21,24-27,40,42,52,56-64,66-70,93,110-112H,5-8,13-15,19-20,22-23,28-39,41,43-47,91H2,1-4H3,(H2,92,113)(H,94,123)(H,95,114)(H,96,128)(H,97,126)(H,98,131)(H,99,127)(H,100,129)(H,101,130)(H,102,125)(H,103,124)(H,115,116)(H,117,118)(H,119,120)(H,121,122)/t52-,56+,57+,58+,59+,60+,61+,62+,63+,64+,66+,67+,68+,69+,70+/m1/s1. The minimum atomic E-state index is -2.04. The van der Waals surface area contributed by atoms with Crippen molar-refractivity contribution in [2.75, 3.05) is 64.9 Å². The monoisotopic (exact) mass is 1930 g/mol. The zero-order chi connectivity index (χ0) is 100. The van der Waals surface area contributed by atoms with Gasteiger partial charge in [0.1, 0.15) is 96.9 Å². The van der Waals surface area contributed by atoms with E-state index in [0.29, 0.717) is 64.0 Å². The Bertz CT molecular complexity index is 5270. The topological polar surface area (TPSA) is 692 Å². The average molecular weight is 1930 g/mol. The SMILES string of the molecule is CCCC[C@H]1C(=O)N(C)[C@@H](CCCC)C(=O)N[C@@H](CCC(=O)O)C(=O)N[C@H](C(=O)NCC(N)=O)CSCC(=O)N[C@@H](Cc2ccc(O)cc2)C(=O)N2CCCC[C@H]2C(=O)N[C@@H](CC(=O)O)C(=O)N2CCC[C@H]2C(=O)N[C@@H](CN)C(=O)N[C@@H](CCC(=O)O)C(=O)N2C[C@H](O)C[C@H]2C(=O)N[C@@H](Cc2c[nH]c3ccccc23)C(=O)N[C@@H](CO)C(=O)N[C@@H](Cc2cn(CC(=O)O)c3ccccc23)C(=O)N1C. The summed E-state index contributed by atoms with van der Waals surface area (Å²) < 4.78 is 1.37. The maximum Gasteiger partial charge on any atom is 0.323 e. The number of primary amides is 1. The molecular formula is C90H121N19O27S. The summed E-state index contributed by atoms with van der Waals surface area (Å²) >= 11 is 0.685. The minimum absolute atomic E-state index is 0.0817. The molecule has 4 aliphatic rings. The van der Waals surface area contributed by atoms with Gasteiger partial charge in [-0.1, -0.05) is 88.1 Å². The summed E-state index contributed by atoms with van der Waals surface area (Å²) in [7, 11) is 2.47.